The molecule has 33 nitrogen and oxygen atoms in total. The quantitative estimate of drug-likeness (QED) is 0.0366. The van der Waals surface area contributed by atoms with Crippen molar-refractivity contribution in [2.45, 2.75) is 18.9 Å². The van der Waals surface area contributed by atoms with Crippen LogP contribution in [0.4, 0.5) is 39.9 Å². The lowest BCUT2D eigenvalue weighted by molar-refractivity contribution is -0.117. The van der Waals surface area contributed by atoms with Crippen LogP contribution in [-0.4, -0.2) is 142 Å². The molecule has 0 aliphatic carbocycles. The number of hydrogen-bond donors (Lipinski definition) is 12. The highest BCUT2D eigenvalue weighted by atomic mass is 16.4. The summed E-state index contributed by atoms with van der Waals surface area (Å²) in [6, 6.07) is 13.3. The molecule has 10 amide bonds. The number of nitrogens with zero attached hydrogens (tertiary/aromatic N) is 10. The molecule has 9 rings (SSSR count). The number of nitrogens with one attached hydrogen (secondary N) is 10. The number of aromatic nitrogens is 10. The Bertz CT molecular complexity index is 4480. The van der Waals surface area contributed by atoms with E-state index in [-0.39, 0.29) is 100 Å². The first kappa shape index (κ1) is 65.9. The Kier molecular flexibility index (Phi) is 19.7. The summed E-state index contributed by atoms with van der Waals surface area (Å²) in [5.74, 6) is -6.36. The second kappa shape index (κ2) is 28.1. The van der Waals surface area contributed by atoms with Crippen molar-refractivity contribution in [3.05, 3.63) is 173 Å². The normalized spacial score (nSPS) is 11.3. The zero-order chi connectivity index (χ0) is 67.8. The molecule has 13 N–H and O–H groups in total. The van der Waals surface area contributed by atoms with E-state index >= 15 is 0 Å². The summed E-state index contributed by atoms with van der Waals surface area (Å²) in [6.45, 7) is 0.400. The molecular weight excluding hydrogens is 1220 g/mol. The Morgan fingerprint density at radius 1 is 0.415 bits per heavy atom. The smallest absolute Gasteiger partial charge is 0.335 e. The molecule has 1 aromatic carbocycles. The SMILES string of the molecule is Cn1cc(NC(=O)c2cc(NC(=O)c3cc(NC(=O)c4nc(NC(=O)[C@H](N)CCNC(=O)c5cc(NC(=O)c6cc(NC(=O)c7cc(NC(=O)c8nccn8C)cn7C)cn6C)cn5C)cn4C)cn3C)cn2C)cc1C(=O)NCCCNC(=O)c1cccc(C(=O)O)c1. The molecular formula is C61H67N21O12. The molecule has 0 unspecified atom stereocenters. The summed E-state index contributed by atoms with van der Waals surface area (Å²) in [6.07, 6.45) is 14.2. The van der Waals surface area contributed by atoms with Gasteiger partial charge >= 0.3 is 5.97 Å². The van der Waals surface area contributed by atoms with Gasteiger partial charge in [-0.3, -0.25) is 47.9 Å². The maximum absolute atomic E-state index is 13.5. The standard InChI is InChI=1S/C61H67N21O12/c1-75-18-17-63-49(75)59(91)71-39-24-46(80(6)30-39)57(89)69-37-22-45(79(5)28-37)56(88)68-36-21-43(77(3)27-36)54(86)66-16-13-41(62)52(84)74-48-32-82(8)50(73-48)60(92)72-40-25-47(81(7)31-40)58(90)70-38-23-44(78(4)29-38)55(87)67-35-20-42(76(2)26-35)53(85)65-15-10-14-64-51(83)33-11-9-12-34(19-33)61(93)94/h9,11-12,17-32,41H,10,13-16,62H2,1-8H3,(H,64,83)(H,65,85)(H,66,86)(H,67,87)(H,68,88)(H,69,89)(H,70,90)(H,71,91)(H,72,92)(H,74,84)(H,93,94)/t41-/m1/s1. The topological polar surface area (TPSA) is 420 Å². The van der Waals surface area contributed by atoms with Gasteiger partial charge in [0.25, 0.3) is 53.2 Å². The van der Waals surface area contributed by atoms with Gasteiger partial charge in [-0.05, 0) is 67.4 Å². The van der Waals surface area contributed by atoms with Gasteiger partial charge in [0.15, 0.2) is 11.6 Å². The maximum atomic E-state index is 13.5. The van der Waals surface area contributed by atoms with E-state index in [9.17, 15) is 57.8 Å². The molecule has 8 heterocycles. The summed E-state index contributed by atoms with van der Waals surface area (Å²) in [5, 5.41) is 36.4. The second-order valence-corrected chi connectivity index (χ2v) is 21.9. The van der Waals surface area contributed by atoms with Crippen molar-refractivity contribution in [1.82, 2.24) is 62.5 Å². The van der Waals surface area contributed by atoms with Gasteiger partial charge in [-0.15, -0.1) is 0 Å². The number of hydrogen-bond acceptors (Lipinski definition) is 14. The zero-order valence-electron chi connectivity index (χ0n) is 52.1. The lowest BCUT2D eigenvalue weighted by Crippen LogP contribution is -2.39. The number of aromatic carboxylic acids is 1. The number of carboxylic acids is 1. The van der Waals surface area contributed by atoms with Gasteiger partial charge < -0.3 is 101 Å². The highest BCUT2D eigenvalue weighted by Gasteiger charge is 2.25. The van der Waals surface area contributed by atoms with E-state index in [1.165, 1.54) is 126 Å². The van der Waals surface area contributed by atoms with Crippen LogP contribution in [0, 0.1) is 0 Å². The molecule has 33 heteroatoms. The van der Waals surface area contributed by atoms with Crippen molar-refractivity contribution in [2.24, 2.45) is 62.1 Å². The monoisotopic (exact) mass is 1290 g/mol. The fourth-order valence-electron chi connectivity index (χ4n) is 9.89. The van der Waals surface area contributed by atoms with Crippen molar-refractivity contribution in [3.8, 4) is 0 Å². The average molecular weight is 1290 g/mol. The maximum Gasteiger partial charge on any atom is 0.335 e. The Hall–Kier alpha value is -12.6. The Balaban J connectivity index is 0.691. The number of anilines is 7. The number of carbonyl (C=O) groups is 11. The van der Waals surface area contributed by atoms with Crippen LogP contribution in [0.5, 0.6) is 0 Å². The van der Waals surface area contributed by atoms with Crippen LogP contribution in [-0.2, 0) is 61.2 Å². The predicted octanol–water partition coefficient (Wildman–Crippen LogP) is 3.03. The van der Waals surface area contributed by atoms with Crippen LogP contribution in [0.15, 0.2) is 116 Å². The number of benzene rings is 1. The third-order valence-corrected chi connectivity index (χ3v) is 14.7. The van der Waals surface area contributed by atoms with Gasteiger partial charge in [-0.25, -0.2) is 14.8 Å². The van der Waals surface area contributed by atoms with Gasteiger partial charge in [0.1, 0.15) is 34.2 Å². The van der Waals surface area contributed by atoms with Crippen molar-refractivity contribution < 1.29 is 57.8 Å². The molecule has 1 atom stereocenters. The third kappa shape index (κ3) is 15.5. The molecule has 94 heavy (non-hydrogen) atoms. The molecule has 0 fully saturated rings. The highest BCUT2D eigenvalue weighted by molar-refractivity contribution is 6.10. The molecule has 488 valence electrons. The van der Waals surface area contributed by atoms with Crippen LogP contribution >= 0.6 is 0 Å². The first-order valence-electron chi connectivity index (χ1n) is 28.8. The Labute approximate surface area is 534 Å². The fraction of sp³-hybridized carbons (Fsp3) is 0.230. The van der Waals surface area contributed by atoms with Crippen LogP contribution in [0.1, 0.15) is 118 Å². The first-order valence-corrected chi connectivity index (χ1v) is 28.8. The van der Waals surface area contributed by atoms with E-state index in [2.05, 4.69) is 63.1 Å². The van der Waals surface area contributed by atoms with Gasteiger partial charge in [-0.2, -0.15) is 0 Å². The molecule has 0 aliphatic heterocycles. The van der Waals surface area contributed by atoms with E-state index in [4.69, 9.17) is 5.73 Å². The number of imidazole rings is 2. The number of nitrogens with two attached hydrogens (primary N) is 1. The number of carboxylic acid groups (broad SMARTS) is 1. The Morgan fingerprint density at radius 2 is 0.777 bits per heavy atom. The molecule has 9 aromatic rings. The van der Waals surface area contributed by atoms with E-state index in [1.807, 2.05) is 0 Å². The van der Waals surface area contributed by atoms with E-state index in [0.29, 0.717) is 29.2 Å². The van der Waals surface area contributed by atoms with E-state index in [0.717, 1.165) is 0 Å². The van der Waals surface area contributed by atoms with Crippen LogP contribution in [0.25, 0.3) is 0 Å². The summed E-state index contributed by atoms with van der Waals surface area (Å²) in [5.41, 5.74) is 9.36. The molecule has 0 saturated carbocycles. The number of rotatable bonds is 25. The molecule has 0 radical (unpaired) electrons. The van der Waals surface area contributed by atoms with Gasteiger partial charge in [0.2, 0.25) is 11.7 Å². The lowest BCUT2D eigenvalue weighted by atomic mass is 10.1. The van der Waals surface area contributed by atoms with Crippen molar-refractivity contribution in [3.63, 3.8) is 0 Å². The lowest BCUT2D eigenvalue weighted by Gasteiger charge is -2.11. The average Bonchev–Trinajstić information content (AvgIpc) is 1.72. The summed E-state index contributed by atoms with van der Waals surface area (Å²) >= 11 is 0. The number of carbonyl (C=O) groups excluding carboxylic acids is 10. The fourth-order valence-corrected chi connectivity index (χ4v) is 9.89. The molecule has 0 bridgehead atoms. The molecule has 0 spiro atoms. The van der Waals surface area contributed by atoms with Crippen molar-refractivity contribution >= 4 is 105 Å². The van der Waals surface area contributed by atoms with E-state index in [1.54, 1.807) is 83.3 Å². The third-order valence-electron chi connectivity index (χ3n) is 14.7. The zero-order valence-corrected chi connectivity index (χ0v) is 52.1. The van der Waals surface area contributed by atoms with Gasteiger partial charge in [0.05, 0.1) is 45.7 Å². The number of amides is 10. The second-order valence-electron chi connectivity index (χ2n) is 21.9. The van der Waals surface area contributed by atoms with Crippen molar-refractivity contribution in [1.29, 1.82) is 0 Å². The van der Waals surface area contributed by atoms with Crippen LogP contribution in [0.3, 0.4) is 0 Å². The minimum absolute atomic E-state index is 0.00287. The summed E-state index contributed by atoms with van der Waals surface area (Å²) in [4.78, 5) is 151. The van der Waals surface area contributed by atoms with Crippen molar-refractivity contribution in [2.75, 3.05) is 56.9 Å². The van der Waals surface area contributed by atoms with E-state index < -0.39 is 71.1 Å². The van der Waals surface area contributed by atoms with Gasteiger partial charge in [-0.1, -0.05) is 6.07 Å². The predicted molar refractivity (Wildman–Crippen MR) is 343 cm³/mol. The Morgan fingerprint density at radius 3 is 1.17 bits per heavy atom. The largest absolute Gasteiger partial charge is 0.478 e. The van der Waals surface area contributed by atoms with Gasteiger partial charge in [0, 0.05) is 137 Å². The molecule has 8 aromatic heterocycles. The first-order chi connectivity index (χ1) is 44.7. The number of aryl methyl sites for hydroxylation is 8. The van der Waals surface area contributed by atoms with Crippen LogP contribution in [0.2, 0.25) is 0 Å². The summed E-state index contributed by atoms with van der Waals surface area (Å²) in [7, 11) is 12.9. The molecule has 0 saturated heterocycles. The minimum atomic E-state index is -1.15. The highest BCUT2D eigenvalue weighted by Crippen LogP contribution is 2.23. The minimum Gasteiger partial charge on any atom is -0.478 e. The van der Waals surface area contributed by atoms with Crippen LogP contribution < -0.4 is 58.9 Å². The summed E-state index contributed by atoms with van der Waals surface area (Å²) < 4.78 is 12.0. The molecule has 0 aliphatic rings.